The summed E-state index contributed by atoms with van der Waals surface area (Å²) in [5.41, 5.74) is 2.15. The number of hydrogen-bond donors (Lipinski definition) is 1. The minimum atomic E-state index is -0.0311. The lowest BCUT2D eigenvalue weighted by atomic mass is 10.0. The number of likely N-dealkylation sites (tertiary alicyclic amines) is 1. The largest absolute Gasteiger partial charge is 0.353 e. The maximum absolute atomic E-state index is 12.6. The Morgan fingerprint density at radius 1 is 1.29 bits per heavy atom. The van der Waals surface area contributed by atoms with Gasteiger partial charge in [-0.15, -0.1) is 5.10 Å². The number of carbonyl (C=O) groups excluding carboxylic acids is 1. The van der Waals surface area contributed by atoms with Gasteiger partial charge in [-0.1, -0.05) is 42.0 Å². The molecule has 1 aliphatic rings. The van der Waals surface area contributed by atoms with Gasteiger partial charge in [0.25, 0.3) is 0 Å². The molecule has 6 heteroatoms. The molecule has 1 aliphatic heterocycles. The summed E-state index contributed by atoms with van der Waals surface area (Å²) in [6.07, 6.45) is 5.09. The van der Waals surface area contributed by atoms with E-state index in [-0.39, 0.29) is 11.9 Å². The van der Waals surface area contributed by atoms with Crippen LogP contribution in [0.25, 0.3) is 0 Å². The zero-order chi connectivity index (χ0) is 16.8. The third-order valence-corrected chi connectivity index (χ3v) is 4.44. The van der Waals surface area contributed by atoms with Crippen molar-refractivity contribution < 1.29 is 4.79 Å². The van der Waals surface area contributed by atoms with Crippen molar-refractivity contribution in [3.8, 4) is 0 Å². The fourth-order valence-corrected chi connectivity index (χ4v) is 3.21. The molecule has 0 radical (unpaired) electrons. The lowest BCUT2D eigenvalue weighted by Crippen LogP contribution is -2.49. The number of aryl methyl sites for hydroxylation is 1. The van der Waals surface area contributed by atoms with E-state index in [0.717, 1.165) is 38.0 Å². The van der Waals surface area contributed by atoms with E-state index in [0.29, 0.717) is 13.1 Å². The summed E-state index contributed by atoms with van der Waals surface area (Å²) >= 11 is 0. The molecule has 1 amide bonds. The van der Waals surface area contributed by atoms with E-state index in [9.17, 15) is 4.79 Å². The Bertz CT molecular complexity index is 654. The van der Waals surface area contributed by atoms with Gasteiger partial charge >= 0.3 is 0 Å². The zero-order valence-corrected chi connectivity index (χ0v) is 14.2. The molecule has 0 spiro atoms. The third kappa shape index (κ3) is 4.41. The van der Waals surface area contributed by atoms with Gasteiger partial charge in [0, 0.05) is 19.3 Å². The van der Waals surface area contributed by atoms with E-state index < -0.39 is 0 Å². The summed E-state index contributed by atoms with van der Waals surface area (Å²) in [7, 11) is 0. The first-order valence-corrected chi connectivity index (χ1v) is 8.65. The maximum Gasteiger partial charge on any atom is 0.237 e. The second kappa shape index (κ2) is 8.06. The number of benzene rings is 1. The first-order valence-electron chi connectivity index (χ1n) is 8.65. The van der Waals surface area contributed by atoms with E-state index >= 15 is 0 Å². The summed E-state index contributed by atoms with van der Waals surface area (Å²) in [5.74, 6) is 0.127. The number of piperidine rings is 1. The second-order valence-electron chi connectivity index (χ2n) is 6.38. The monoisotopic (exact) mass is 327 g/mol. The number of carbonyl (C=O) groups is 1. The molecule has 1 unspecified atom stereocenters. The summed E-state index contributed by atoms with van der Waals surface area (Å²) in [6, 6.07) is 10.3. The van der Waals surface area contributed by atoms with E-state index in [2.05, 4.69) is 44.8 Å². The number of aromatic nitrogens is 3. The first kappa shape index (κ1) is 16.6. The Hall–Kier alpha value is -2.21. The number of rotatable bonds is 6. The molecule has 3 rings (SSSR count). The van der Waals surface area contributed by atoms with Crippen molar-refractivity contribution in [3.63, 3.8) is 0 Å². The Morgan fingerprint density at radius 3 is 2.88 bits per heavy atom. The minimum Gasteiger partial charge on any atom is -0.353 e. The van der Waals surface area contributed by atoms with Gasteiger partial charge in [0.15, 0.2) is 0 Å². The van der Waals surface area contributed by atoms with Crippen molar-refractivity contribution in [2.45, 2.75) is 45.3 Å². The van der Waals surface area contributed by atoms with Gasteiger partial charge in [-0.3, -0.25) is 14.4 Å². The lowest BCUT2D eigenvalue weighted by Gasteiger charge is -2.34. The standard InChI is InChI=1S/C18H25N5O/c1-15-13-23(21-20-15)12-10-19-18(24)17-9-5-6-11-22(17)14-16-7-3-2-4-8-16/h2-4,7-8,13,17H,5-6,9-12,14H2,1H3,(H,19,24). The normalized spacial score (nSPS) is 18.5. The molecule has 1 aromatic carbocycles. The van der Waals surface area contributed by atoms with Crippen LogP contribution in [0.5, 0.6) is 0 Å². The van der Waals surface area contributed by atoms with Gasteiger partial charge in [-0.05, 0) is 31.9 Å². The highest BCUT2D eigenvalue weighted by molar-refractivity contribution is 5.81. The summed E-state index contributed by atoms with van der Waals surface area (Å²) in [4.78, 5) is 14.9. The van der Waals surface area contributed by atoms with Crippen molar-refractivity contribution in [1.29, 1.82) is 0 Å². The van der Waals surface area contributed by atoms with Gasteiger partial charge in [-0.2, -0.15) is 0 Å². The molecule has 1 N–H and O–H groups in total. The van der Waals surface area contributed by atoms with Crippen molar-refractivity contribution in [3.05, 3.63) is 47.8 Å². The fraction of sp³-hybridized carbons (Fsp3) is 0.500. The molecular formula is C18H25N5O. The van der Waals surface area contributed by atoms with Crippen molar-refractivity contribution in [2.24, 2.45) is 0 Å². The van der Waals surface area contributed by atoms with Crippen LogP contribution in [0.3, 0.4) is 0 Å². The third-order valence-electron chi connectivity index (χ3n) is 4.44. The number of amides is 1. The predicted octanol–water partition coefficient (Wildman–Crippen LogP) is 1.76. The molecule has 1 atom stereocenters. The Balaban J connectivity index is 1.53. The van der Waals surface area contributed by atoms with Crippen LogP contribution in [0.1, 0.15) is 30.5 Å². The quantitative estimate of drug-likeness (QED) is 0.878. The van der Waals surface area contributed by atoms with Crippen LogP contribution < -0.4 is 5.32 Å². The predicted molar refractivity (Wildman–Crippen MR) is 92.3 cm³/mol. The van der Waals surface area contributed by atoms with E-state index in [1.54, 1.807) is 4.68 Å². The molecule has 0 aliphatic carbocycles. The van der Waals surface area contributed by atoms with Crippen molar-refractivity contribution in [1.82, 2.24) is 25.2 Å². The summed E-state index contributed by atoms with van der Waals surface area (Å²) < 4.78 is 1.76. The molecule has 1 aromatic heterocycles. The van der Waals surface area contributed by atoms with Crippen LogP contribution in [0, 0.1) is 6.92 Å². The van der Waals surface area contributed by atoms with Crippen LogP contribution in [0.4, 0.5) is 0 Å². The smallest absolute Gasteiger partial charge is 0.237 e. The van der Waals surface area contributed by atoms with Crippen LogP contribution in [-0.4, -0.2) is 44.9 Å². The van der Waals surface area contributed by atoms with Gasteiger partial charge in [0.1, 0.15) is 0 Å². The molecule has 24 heavy (non-hydrogen) atoms. The fourth-order valence-electron chi connectivity index (χ4n) is 3.21. The van der Waals surface area contributed by atoms with E-state index in [4.69, 9.17) is 0 Å². The molecular weight excluding hydrogens is 302 g/mol. The summed E-state index contributed by atoms with van der Waals surface area (Å²) in [6.45, 7) is 4.96. The zero-order valence-electron chi connectivity index (χ0n) is 14.2. The highest BCUT2D eigenvalue weighted by atomic mass is 16.2. The molecule has 1 fully saturated rings. The van der Waals surface area contributed by atoms with E-state index in [1.165, 1.54) is 5.56 Å². The number of hydrogen-bond acceptors (Lipinski definition) is 4. The van der Waals surface area contributed by atoms with Crippen molar-refractivity contribution >= 4 is 5.91 Å². The van der Waals surface area contributed by atoms with Gasteiger partial charge < -0.3 is 5.32 Å². The van der Waals surface area contributed by atoms with Crippen LogP contribution in [0.15, 0.2) is 36.5 Å². The molecule has 6 nitrogen and oxygen atoms in total. The molecule has 2 heterocycles. The van der Waals surface area contributed by atoms with Crippen LogP contribution in [0.2, 0.25) is 0 Å². The molecule has 0 bridgehead atoms. The lowest BCUT2D eigenvalue weighted by molar-refractivity contribution is -0.127. The average Bonchev–Trinajstić information content (AvgIpc) is 3.01. The minimum absolute atomic E-state index is 0.0311. The van der Waals surface area contributed by atoms with Crippen LogP contribution >= 0.6 is 0 Å². The SMILES string of the molecule is Cc1cn(CCNC(=O)C2CCCCN2Cc2ccccc2)nn1. The number of nitrogens with zero attached hydrogens (tertiary/aromatic N) is 4. The molecule has 2 aromatic rings. The first-order chi connectivity index (χ1) is 11.7. The van der Waals surface area contributed by atoms with Crippen LogP contribution in [-0.2, 0) is 17.9 Å². The molecule has 1 saturated heterocycles. The van der Waals surface area contributed by atoms with Gasteiger partial charge in [0.2, 0.25) is 5.91 Å². The average molecular weight is 327 g/mol. The highest BCUT2D eigenvalue weighted by Gasteiger charge is 2.28. The second-order valence-corrected chi connectivity index (χ2v) is 6.38. The van der Waals surface area contributed by atoms with E-state index in [1.807, 2.05) is 19.2 Å². The van der Waals surface area contributed by atoms with Gasteiger partial charge in [0.05, 0.1) is 18.3 Å². The topological polar surface area (TPSA) is 63.1 Å². The van der Waals surface area contributed by atoms with Gasteiger partial charge in [-0.25, -0.2) is 0 Å². The molecule has 0 saturated carbocycles. The Kier molecular flexibility index (Phi) is 5.59. The Labute approximate surface area is 142 Å². The summed E-state index contributed by atoms with van der Waals surface area (Å²) in [5, 5.41) is 11.0. The Morgan fingerprint density at radius 2 is 2.12 bits per heavy atom. The molecule has 128 valence electrons. The van der Waals surface area contributed by atoms with Crippen molar-refractivity contribution in [2.75, 3.05) is 13.1 Å². The number of nitrogens with one attached hydrogen (secondary N) is 1. The maximum atomic E-state index is 12.6. The highest BCUT2D eigenvalue weighted by Crippen LogP contribution is 2.19.